The van der Waals surface area contributed by atoms with Crippen LogP contribution in [-0.4, -0.2) is 60.8 Å². The van der Waals surface area contributed by atoms with Crippen LogP contribution in [0.5, 0.6) is 11.6 Å². The Morgan fingerprint density at radius 1 is 1.10 bits per heavy atom. The molecule has 1 aliphatic heterocycles. The van der Waals surface area contributed by atoms with E-state index in [2.05, 4.69) is 41.7 Å². The van der Waals surface area contributed by atoms with Crippen LogP contribution >= 0.6 is 0 Å². The molecule has 1 aromatic carbocycles. The molecule has 4 aromatic rings. The number of nitrogens with zero attached hydrogens (tertiary/aromatic N) is 8. The van der Waals surface area contributed by atoms with Crippen LogP contribution in [0.15, 0.2) is 49.2 Å². The van der Waals surface area contributed by atoms with Crippen molar-refractivity contribution in [3.05, 3.63) is 54.7 Å². The summed E-state index contributed by atoms with van der Waals surface area (Å²) in [6, 6.07) is 9.49. The number of nitrogens with one attached hydrogen (secondary N) is 2. The minimum atomic E-state index is -0.0658. The van der Waals surface area contributed by atoms with E-state index in [1.807, 2.05) is 18.2 Å². The van der Waals surface area contributed by atoms with Crippen LogP contribution in [0, 0.1) is 17.2 Å². The fourth-order valence-corrected chi connectivity index (χ4v) is 3.96. The van der Waals surface area contributed by atoms with Crippen LogP contribution in [0.25, 0.3) is 11.4 Å². The van der Waals surface area contributed by atoms with Gasteiger partial charge in [0.05, 0.1) is 67.1 Å². The first kappa shape index (κ1) is 25.6. The van der Waals surface area contributed by atoms with Gasteiger partial charge in [-0.15, -0.1) is 5.06 Å². The topological polar surface area (TPSA) is 156 Å². The predicted molar refractivity (Wildman–Crippen MR) is 142 cm³/mol. The molecular formula is C26H26N10O3. The molecule has 39 heavy (non-hydrogen) atoms. The minimum Gasteiger partial charge on any atom is -0.494 e. The summed E-state index contributed by atoms with van der Waals surface area (Å²) in [5.41, 5.74) is 2.32. The molecule has 0 spiro atoms. The second kappa shape index (κ2) is 11.1. The number of ether oxygens (including phenoxy) is 1. The number of hydroxylamine groups is 2. The SMILES string of the molecule is CCC(=O)c1cnc(Nc2cnc(ON3CC(C#N)C3)cn2)cc1Nc1cccc(-c2ncn(C)n2)c1OC. The summed E-state index contributed by atoms with van der Waals surface area (Å²) in [6.07, 6.45) is 6.45. The van der Waals surface area contributed by atoms with Crippen LogP contribution < -0.4 is 20.2 Å². The van der Waals surface area contributed by atoms with Gasteiger partial charge in [-0.1, -0.05) is 13.0 Å². The first-order valence-electron chi connectivity index (χ1n) is 12.2. The molecule has 0 aliphatic carbocycles. The Morgan fingerprint density at radius 3 is 2.59 bits per heavy atom. The van der Waals surface area contributed by atoms with Gasteiger partial charge in [0.25, 0.3) is 5.88 Å². The molecule has 3 aromatic heterocycles. The number of hydrogen-bond acceptors (Lipinski definition) is 12. The van der Waals surface area contributed by atoms with Crippen molar-refractivity contribution in [2.24, 2.45) is 13.0 Å². The Bertz CT molecular complexity index is 1520. The largest absolute Gasteiger partial charge is 0.494 e. The number of carbonyl (C=O) groups is 1. The number of rotatable bonds is 10. The standard InChI is InChI=1S/C26H26N10O3/c1-4-21(37)18-10-28-22(33-23-11-30-24(12-29-23)39-36-13-16(9-27)14-36)8-20(18)32-19-7-5-6-17(25(19)38-3)26-31-15-35(2)34-26/h5-8,10-12,15-16H,4,13-14H2,1-3H3,(H2,28,29,32,33). The average molecular weight is 527 g/mol. The van der Waals surface area contributed by atoms with E-state index in [9.17, 15) is 4.79 Å². The lowest BCUT2D eigenvalue weighted by Crippen LogP contribution is -2.47. The van der Waals surface area contributed by atoms with Crippen LogP contribution in [-0.2, 0) is 7.05 Å². The predicted octanol–water partition coefficient (Wildman–Crippen LogP) is 3.50. The van der Waals surface area contributed by atoms with Crippen molar-refractivity contribution >= 4 is 28.8 Å². The second-order valence-corrected chi connectivity index (χ2v) is 8.77. The molecule has 198 valence electrons. The van der Waals surface area contributed by atoms with Crippen molar-refractivity contribution in [3.63, 3.8) is 0 Å². The molecule has 0 bridgehead atoms. The van der Waals surface area contributed by atoms with Gasteiger partial charge in [0.15, 0.2) is 17.4 Å². The summed E-state index contributed by atoms with van der Waals surface area (Å²) in [6.45, 7) is 2.87. The molecule has 13 heteroatoms. The minimum absolute atomic E-state index is 0.0237. The van der Waals surface area contributed by atoms with Gasteiger partial charge in [0.1, 0.15) is 18.0 Å². The fourth-order valence-electron chi connectivity index (χ4n) is 3.96. The maximum absolute atomic E-state index is 12.7. The summed E-state index contributed by atoms with van der Waals surface area (Å²) in [5.74, 6) is 2.18. The van der Waals surface area contributed by atoms with E-state index in [0.717, 1.165) is 0 Å². The van der Waals surface area contributed by atoms with E-state index in [-0.39, 0.29) is 11.7 Å². The summed E-state index contributed by atoms with van der Waals surface area (Å²) in [5, 5.41) is 21.4. The van der Waals surface area contributed by atoms with E-state index in [1.54, 1.807) is 43.2 Å². The molecule has 13 nitrogen and oxygen atoms in total. The molecule has 0 amide bonds. The molecule has 4 heterocycles. The normalized spacial score (nSPS) is 13.3. The van der Waals surface area contributed by atoms with Gasteiger partial charge >= 0.3 is 0 Å². The molecule has 1 aliphatic rings. The van der Waals surface area contributed by atoms with Crippen molar-refractivity contribution in [1.29, 1.82) is 5.26 Å². The van der Waals surface area contributed by atoms with Crippen LogP contribution in [0.1, 0.15) is 23.7 Å². The number of pyridine rings is 1. The van der Waals surface area contributed by atoms with Crippen LogP contribution in [0.3, 0.4) is 0 Å². The number of hydrogen-bond donors (Lipinski definition) is 2. The van der Waals surface area contributed by atoms with Gasteiger partial charge < -0.3 is 20.2 Å². The summed E-state index contributed by atoms with van der Waals surface area (Å²) in [4.78, 5) is 35.6. The Morgan fingerprint density at radius 2 is 1.92 bits per heavy atom. The highest BCUT2D eigenvalue weighted by Gasteiger charge is 2.28. The highest BCUT2D eigenvalue weighted by Crippen LogP contribution is 2.37. The molecule has 0 unspecified atom stereocenters. The number of para-hydroxylation sites is 1. The van der Waals surface area contributed by atoms with Gasteiger partial charge in [0, 0.05) is 25.7 Å². The summed E-state index contributed by atoms with van der Waals surface area (Å²) in [7, 11) is 3.36. The number of anilines is 4. The highest BCUT2D eigenvalue weighted by molar-refractivity contribution is 6.02. The lowest BCUT2D eigenvalue weighted by atomic mass is 10.1. The van der Waals surface area contributed by atoms with E-state index in [1.165, 1.54) is 18.6 Å². The van der Waals surface area contributed by atoms with Gasteiger partial charge in [-0.3, -0.25) is 9.48 Å². The number of aromatic nitrogens is 6. The smallest absolute Gasteiger partial charge is 0.256 e. The van der Waals surface area contributed by atoms with E-state index < -0.39 is 0 Å². The van der Waals surface area contributed by atoms with Crippen molar-refractivity contribution in [2.45, 2.75) is 13.3 Å². The Labute approximate surface area is 224 Å². The highest BCUT2D eigenvalue weighted by atomic mass is 16.7. The summed E-state index contributed by atoms with van der Waals surface area (Å²) < 4.78 is 7.33. The van der Waals surface area contributed by atoms with Crippen molar-refractivity contribution < 1.29 is 14.4 Å². The molecule has 1 saturated heterocycles. The first-order chi connectivity index (χ1) is 19.0. The number of benzene rings is 1. The van der Waals surface area contributed by atoms with Crippen LogP contribution in [0.2, 0.25) is 0 Å². The maximum atomic E-state index is 12.7. The summed E-state index contributed by atoms with van der Waals surface area (Å²) >= 11 is 0. The number of Topliss-reactive ketones (excluding diaryl/α,β-unsaturated/α-hetero) is 1. The number of methoxy groups -OCH3 is 1. The molecule has 0 radical (unpaired) electrons. The van der Waals surface area contributed by atoms with E-state index in [4.69, 9.17) is 14.8 Å². The van der Waals surface area contributed by atoms with Gasteiger partial charge in [-0.25, -0.2) is 19.9 Å². The van der Waals surface area contributed by atoms with Crippen molar-refractivity contribution in [1.82, 2.24) is 34.8 Å². The lowest BCUT2D eigenvalue weighted by molar-refractivity contribution is -0.130. The lowest BCUT2D eigenvalue weighted by Gasteiger charge is -2.33. The third-order valence-electron chi connectivity index (χ3n) is 5.99. The monoisotopic (exact) mass is 526 g/mol. The van der Waals surface area contributed by atoms with Gasteiger partial charge in [0.2, 0.25) is 0 Å². The third-order valence-corrected chi connectivity index (χ3v) is 5.99. The van der Waals surface area contributed by atoms with E-state index >= 15 is 0 Å². The molecule has 1 fully saturated rings. The zero-order valence-electron chi connectivity index (χ0n) is 21.6. The quantitative estimate of drug-likeness (QED) is 0.290. The second-order valence-electron chi connectivity index (χ2n) is 8.77. The number of carbonyl (C=O) groups excluding carboxylic acids is 1. The molecule has 5 rings (SSSR count). The number of aryl methyl sites for hydroxylation is 1. The molecular weight excluding hydrogens is 500 g/mol. The number of nitriles is 1. The molecule has 0 saturated carbocycles. The zero-order chi connectivity index (χ0) is 27.4. The van der Waals surface area contributed by atoms with Crippen molar-refractivity contribution in [2.75, 3.05) is 30.8 Å². The molecule has 0 atom stereocenters. The zero-order valence-corrected chi connectivity index (χ0v) is 21.6. The average Bonchev–Trinajstić information content (AvgIpc) is 3.37. The van der Waals surface area contributed by atoms with Gasteiger partial charge in [-0.05, 0) is 12.1 Å². The third kappa shape index (κ3) is 5.60. The number of ketones is 1. The Hall–Kier alpha value is -5.09. The molecule has 2 N–H and O–H groups in total. The van der Waals surface area contributed by atoms with Crippen molar-refractivity contribution in [3.8, 4) is 29.1 Å². The van der Waals surface area contributed by atoms with Gasteiger partial charge in [-0.2, -0.15) is 10.4 Å². The maximum Gasteiger partial charge on any atom is 0.256 e. The van der Waals surface area contributed by atoms with E-state index in [0.29, 0.717) is 71.1 Å². The van der Waals surface area contributed by atoms with Crippen LogP contribution in [0.4, 0.5) is 23.0 Å². The Balaban J connectivity index is 1.38. The Kier molecular flexibility index (Phi) is 7.28. The first-order valence-corrected chi connectivity index (χ1v) is 12.2. The fraction of sp³-hybridized carbons (Fsp3) is 0.269.